The zero-order valence-electron chi connectivity index (χ0n) is 14.9. The number of benzene rings is 1. The van der Waals surface area contributed by atoms with Crippen LogP contribution in [-0.2, 0) is 4.79 Å². The molecule has 0 aromatic heterocycles. The van der Waals surface area contributed by atoms with Crippen LogP contribution in [0, 0.1) is 22.7 Å². The summed E-state index contributed by atoms with van der Waals surface area (Å²) in [6.07, 6.45) is 2.61. The molecule has 1 aromatic rings. The maximum absolute atomic E-state index is 12.6. The van der Waals surface area contributed by atoms with Crippen molar-refractivity contribution in [1.82, 2.24) is 0 Å². The molecular formula is C20H31NO2. The van der Waals surface area contributed by atoms with Crippen molar-refractivity contribution in [2.24, 2.45) is 28.4 Å². The number of aliphatic hydroxyl groups excluding tert-OH is 1. The molecule has 0 spiro atoms. The van der Waals surface area contributed by atoms with Crippen molar-refractivity contribution in [3.05, 3.63) is 35.9 Å². The molecule has 1 saturated carbocycles. The second-order valence-corrected chi connectivity index (χ2v) is 8.38. The normalized spacial score (nSPS) is 28.5. The molecule has 2 rings (SSSR count). The highest BCUT2D eigenvalue weighted by Crippen LogP contribution is 2.55. The molecule has 1 aromatic carbocycles. The zero-order valence-corrected chi connectivity index (χ0v) is 14.9. The van der Waals surface area contributed by atoms with Crippen molar-refractivity contribution in [2.75, 3.05) is 0 Å². The van der Waals surface area contributed by atoms with Gasteiger partial charge in [-0.05, 0) is 48.5 Å². The predicted molar refractivity (Wildman–Crippen MR) is 93.6 cm³/mol. The van der Waals surface area contributed by atoms with Crippen molar-refractivity contribution in [3.63, 3.8) is 0 Å². The molecule has 0 radical (unpaired) electrons. The number of amides is 1. The predicted octanol–water partition coefficient (Wildman–Crippen LogP) is 4.06. The van der Waals surface area contributed by atoms with E-state index in [0.717, 1.165) is 24.8 Å². The first-order chi connectivity index (χ1) is 10.7. The fourth-order valence-corrected chi connectivity index (χ4v) is 4.60. The van der Waals surface area contributed by atoms with Gasteiger partial charge >= 0.3 is 0 Å². The Labute approximate surface area is 140 Å². The van der Waals surface area contributed by atoms with E-state index in [-0.39, 0.29) is 17.2 Å². The van der Waals surface area contributed by atoms with Crippen LogP contribution >= 0.6 is 0 Å². The third-order valence-corrected chi connectivity index (χ3v) is 5.67. The van der Waals surface area contributed by atoms with Gasteiger partial charge in [0, 0.05) is 0 Å². The van der Waals surface area contributed by atoms with E-state index in [9.17, 15) is 9.90 Å². The lowest BCUT2D eigenvalue weighted by Gasteiger charge is -2.50. The summed E-state index contributed by atoms with van der Waals surface area (Å²) in [5.74, 6) is 0.354. The highest BCUT2D eigenvalue weighted by Gasteiger charge is 2.52. The molecule has 0 bridgehead atoms. The van der Waals surface area contributed by atoms with Gasteiger partial charge in [0.25, 0.3) is 0 Å². The number of nitrogens with two attached hydrogens (primary N) is 1. The van der Waals surface area contributed by atoms with E-state index in [0.29, 0.717) is 12.3 Å². The maximum Gasteiger partial charge on any atom is 0.224 e. The average molecular weight is 317 g/mol. The summed E-state index contributed by atoms with van der Waals surface area (Å²) in [5, 5.41) is 10.7. The first-order valence-electron chi connectivity index (χ1n) is 8.71. The summed E-state index contributed by atoms with van der Waals surface area (Å²) in [5.41, 5.74) is 6.23. The Morgan fingerprint density at radius 3 is 2.43 bits per heavy atom. The van der Waals surface area contributed by atoms with Crippen molar-refractivity contribution < 1.29 is 9.90 Å². The molecule has 3 unspecified atom stereocenters. The molecule has 0 saturated heterocycles. The number of hydrogen-bond donors (Lipinski definition) is 2. The van der Waals surface area contributed by atoms with Crippen LogP contribution < -0.4 is 5.73 Å². The van der Waals surface area contributed by atoms with Crippen LogP contribution in [0.4, 0.5) is 0 Å². The number of carbonyl (C=O) groups excluding carboxylic acids is 1. The average Bonchev–Trinajstić information content (AvgIpc) is 2.46. The molecular weight excluding hydrogens is 286 g/mol. The van der Waals surface area contributed by atoms with Crippen LogP contribution in [0.2, 0.25) is 0 Å². The van der Waals surface area contributed by atoms with E-state index in [1.165, 1.54) is 0 Å². The monoisotopic (exact) mass is 317 g/mol. The van der Waals surface area contributed by atoms with Crippen LogP contribution in [0.1, 0.15) is 65.0 Å². The van der Waals surface area contributed by atoms with Gasteiger partial charge in [0.1, 0.15) is 0 Å². The molecule has 1 amide bonds. The Morgan fingerprint density at radius 2 is 1.91 bits per heavy atom. The topological polar surface area (TPSA) is 63.3 Å². The summed E-state index contributed by atoms with van der Waals surface area (Å²) in [6.45, 7) is 8.73. The lowest BCUT2D eigenvalue weighted by molar-refractivity contribution is -0.143. The number of rotatable bonds is 5. The number of primary amides is 1. The number of hydrogen-bond acceptors (Lipinski definition) is 2. The summed E-state index contributed by atoms with van der Waals surface area (Å²) >= 11 is 0. The maximum atomic E-state index is 12.6. The Kier molecular flexibility index (Phi) is 5.20. The Balaban J connectivity index is 2.37. The van der Waals surface area contributed by atoms with Gasteiger partial charge in [-0.2, -0.15) is 0 Å². The number of carbonyl (C=O) groups is 1. The summed E-state index contributed by atoms with van der Waals surface area (Å²) < 4.78 is 0. The minimum atomic E-state index is -0.654. The molecule has 3 nitrogen and oxygen atoms in total. The van der Waals surface area contributed by atoms with E-state index < -0.39 is 11.5 Å². The van der Waals surface area contributed by atoms with Crippen LogP contribution in [0.25, 0.3) is 0 Å². The van der Waals surface area contributed by atoms with Crippen LogP contribution in [0.15, 0.2) is 30.3 Å². The third-order valence-electron chi connectivity index (χ3n) is 5.67. The standard InChI is InChI=1S/C20H31NO2/c1-14(2)16-10-11-19(3,4)13-20(16,18(21)23)12-17(22)15-8-6-5-7-9-15/h5-9,14,16-17,22H,10-13H2,1-4H3,(H2,21,23). The molecule has 3 heteroatoms. The SMILES string of the molecule is CC(C)C1CCC(C)(C)CC1(CC(O)c1ccccc1)C(N)=O. The van der Waals surface area contributed by atoms with E-state index in [1.54, 1.807) is 0 Å². The van der Waals surface area contributed by atoms with Crippen LogP contribution in [0.5, 0.6) is 0 Å². The molecule has 0 aliphatic heterocycles. The summed E-state index contributed by atoms with van der Waals surface area (Å²) in [4.78, 5) is 12.6. The van der Waals surface area contributed by atoms with Gasteiger partial charge in [0.2, 0.25) is 5.91 Å². The summed E-state index contributed by atoms with van der Waals surface area (Å²) in [7, 11) is 0. The van der Waals surface area contributed by atoms with Crippen molar-refractivity contribution in [3.8, 4) is 0 Å². The van der Waals surface area contributed by atoms with Crippen LogP contribution in [-0.4, -0.2) is 11.0 Å². The largest absolute Gasteiger partial charge is 0.388 e. The second-order valence-electron chi connectivity index (χ2n) is 8.38. The summed E-state index contributed by atoms with van der Waals surface area (Å²) in [6, 6.07) is 9.59. The quantitative estimate of drug-likeness (QED) is 0.860. The van der Waals surface area contributed by atoms with Crippen molar-refractivity contribution in [2.45, 2.75) is 59.5 Å². The Bertz CT molecular complexity index is 538. The first kappa shape index (κ1) is 18.0. The van der Waals surface area contributed by atoms with Gasteiger partial charge in [0.05, 0.1) is 11.5 Å². The van der Waals surface area contributed by atoms with E-state index in [4.69, 9.17) is 5.73 Å². The van der Waals surface area contributed by atoms with E-state index in [1.807, 2.05) is 30.3 Å². The van der Waals surface area contributed by atoms with E-state index in [2.05, 4.69) is 27.7 Å². The molecule has 3 atom stereocenters. The van der Waals surface area contributed by atoms with Gasteiger partial charge < -0.3 is 10.8 Å². The molecule has 1 fully saturated rings. The first-order valence-corrected chi connectivity index (χ1v) is 8.71. The van der Waals surface area contributed by atoms with Gasteiger partial charge in [0.15, 0.2) is 0 Å². The molecule has 0 heterocycles. The highest BCUT2D eigenvalue weighted by atomic mass is 16.3. The molecule has 128 valence electrons. The van der Waals surface area contributed by atoms with Gasteiger partial charge in [-0.3, -0.25) is 4.79 Å². The lowest BCUT2D eigenvalue weighted by Crippen LogP contribution is -2.51. The second kappa shape index (κ2) is 6.64. The van der Waals surface area contributed by atoms with Gasteiger partial charge in [-0.25, -0.2) is 0 Å². The third kappa shape index (κ3) is 3.77. The smallest absolute Gasteiger partial charge is 0.224 e. The zero-order chi connectivity index (χ0) is 17.3. The molecule has 3 N–H and O–H groups in total. The minimum Gasteiger partial charge on any atom is -0.388 e. The highest BCUT2D eigenvalue weighted by molar-refractivity contribution is 5.81. The Morgan fingerprint density at radius 1 is 1.30 bits per heavy atom. The van der Waals surface area contributed by atoms with Crippen LogP contribution in [0.3, 0.4) is 0 Å². The lowest BCUT2D eigenvalue weighted by atomic mass is 9.53. The minimum absolute atomic E-state index is 0.0802. The fourth-order valence-electron chi connectivity index (χ4n) is 4.60. The van der Waals surface area contributed by atoms with Crippen molar-refractivity contribution in [1.29, 1.82) is 0 Å². The molecule has 1 aliphatic carbocycles. The van der Waals surface area contributed by atoms with Gasteiger partial charge in [-0.1, -0.05) is 58.0 Å². The fraction of sp³-hybridized carbons (Fsp3) is 0.650. The Hall–Kier alpha value is -1.35. The molecule has 23 heavy (non-hydrogen) atoms. The van der Waals surface area contributed by atoms with Crippen molar-refractivity contribution >= 4 is 5.91 Å². The van der Waals surface area contributed by atoms with Gasteiger partial charge in [-0.15, -0.1) is 0 Å². The molecule has 1 aliphatic rings. The van der Waals surface area contributed by atoms with E-state index >= 15 is 0 Å². The number of aliphatic hydroxyl groups is 1.